The fourth-order valence-corrected chi connectivity index (χ4v) is 6.07. The number of pyridine rings is 1. The van der Waals surface area contributed by atoms with Gasteiger partial charge >= 0.3 is 0 Å². The Bertz CT molecular complexity index is 1280. The predicted octanol–water partition coefficient (Wildman–Crippen LogP) is 8.19. The van der Waals surface area contributed by atoms with Crippen LogP contribution in [0.25, 0.3) is 17.2 Å². The van der Waals surface area contributed by atoms with Crippen molar-refractivity contribution in [3.63, 3.8) is 0 Å². The van der Waals surface area contributed by atoms with Gasteiger partial charge in [-0.25, -0.2) is 4.98 Å². The normalized spacial score (nSPS) is 18.9. The average molecular weight is 466 g/mol. The first-order valence-corrected chi connectivity index (χ1v) is 11.9. The highest BCUT2D eigenvalue weighted by molar-refractivity contribution is 9.10. The molecule has 3 aliphatic carbocycles. The fraction of sp³-hybridized carbons (Fsp3) is 0.207. The number of nitrogens with zero attached hydrogens (tertiary/aromatic N) is 1. The lowest BCUT2D eigenvalue weighted by atomic mass is 9.80. The van der Waals surface area contributed by atoms with Gasteiger partial charge in [-0.1, -0.05) is 67.6 Å². The summed E-state index contributed by atoms with van der Waals surface area (Å²) < 4.78 is 0.905. The number of aromatic nitrogens is 1. The number of benzene rings is 2. The van der Waals surface area contributed by atoms with E-state index in [1.165, 1.54) is 50.1 Å². The molecule has 31 heavy (non-hydrogen) atoms. The third-order valence-electron chi connectivity index (χ3n) is 7.27. The molecule has 0 spiro atoms. The molecular weight excluding hydrogens is 442 g/mol. The van der Waals surface area contributed by atoms with E-state index in [0.717, 1.165) is 23.1 Å². The molecule has 0 saturated heterocycles. The van der Waals surface area contributed by atoms with Gasteiger partial charge in [0.15, 0.2) is 0 Å². The van der Waals surface area contributed by atoms with Gasteiger partial charge in [0.05, 0.1) is 5.69 Å². The summed E-state index contributed by atoms with van der Waals surface area (Å²) in [6, 6.07) is 22.2. The van der Waals surface area contributed by atoms with Crippen LogP contribution in [0.1, 0.15) is 60.9 Å². The summed E-state index contributed by atoms with van der Waals surface area (Å²) in [5.41, 5.74) is 14.0. The monoisotopic (exact) mass is 465 g/mol. The second-order valence-electron chi connectivity index (χ2n) is 8.92. The maximum absolute atomic E-state index is 4.77. The third kappa shape index (κ3) is 2.92. The van der Waals surface area contributed by atoms with Crippen LogP contribution in [0.5, 0.6) is 0 Å². The summed E-state index contributed by atoms with van der Waals surface area (Å²) in [5.74, 6) is 0.855. The van der Waals surface area contributed by atoms with Gasteiger partial charge < -0.3 is 0 Å². The molecule has 6 rings (SSSR count). The number of hydrogen-bond donors (Lipinski definition) is 0. The van der Waals surface area contributed by atoms with Crippen molar-refractivity contribution in [1.29, 1.82) is 0 Å². The van der Waals surface area contributed by atoms with E-state index in [-0.39, 0.29) is 0 Å². The van der Waals surface area contributed by atoms with E-state index in [1.54, 1.807) is 0 Å². The second-order valence-corrected chi connectivity index (χ2v) is 9.73. The summed E-state index contributed by atoms with van der Waals surface area (Å²) in [4.78, 5) is 4.77. The van der Waals surface area contributed by atoms with Crippen molar-refractivity contribution in [2.75, 3.05) is 0 Å². The summed E-state index contributed by atoms with van der Waals surface area (Å²) in [6.45, 7) is 4.59. The Kier molecular flexibility index (Phi) is 4.40. The van der Waals surface area contributed by atoms with Crippen molar-refractivity contribution in [1.82, 2.24) is 4.98 Å². The maximum Gasteiger partial charge on any atom is 0.106 e. The van der Waals surface area contributed by atoms with Crippen LogP contribution in [0.4, 0.5) is 0 Å². The number of allylic oxidation sites excluding steroid dienone is 5. The van der Waals surface area contributed by atoms with Crippen molar-refractivity contribution >= 4 is 22.0 Å². The largest absolute Gasteiger partial charge is 0.241 e. The fourth-order valence-electron chi connectivity index (χ4n) is 5.75. The number of hydrogen-bond acceptors (Lipinski definition) is 1. The van der Waals surface area contributed by atoms with Gasteiger partial charge in [-0.15, -0.1) is 0 Å². The molecule has 1 aromatic heterocycles. The van der Waals surface area contributed by atoms with Crippen LogP contribution >= 0.6 is 15.9 Å². The molecule has 1 unspecified atom stereocenters. The van der Waals surface area contributed by atoms with Gasteiger partial charge in [-0.2, -0.15) is 0 Å². The summed E-state index contributed by atoms with van der Waals surface area (Å²) in [6.07, 6.45) is 6.94. The molecule has 1 nitrogen and oxygen atoms in total. The number of fused-ring (bicyclic) bond motifs is 5. The Balaban J connectivity index is 1.34. The maximum atomic E-state index is 4.77. The van der Waals surface area contributed by atoms with Crippen molar-refractivity contribution in [3.05, 3.63) is 116 Å². The van der Waals surface area contributed by atoms with E-state index in [4.69, 9.17) is 4.98 Å². The standard InChI is InChI=1S/C29H24BrN/c1-17-15-26-18(2)20-13-14-29(30)31-28(20)16-27(26)19(17)11-12-25-23-9-5-3-7-21(23)22-8-4-6-10-24(22)25/h3-10,13-16,18,25H,11-12H2,1-2H3. The van der Waals surface area contributed by atoms with Crippen LogP contribution in [0.3, 0.4) is 0 Å². The van der Waals surface area contributed by atoms with Crippen LogP contribution in [0.2, 0.25) is 0 Å². The van der Waals surface area contributed by atoms with Crippen LogP contribution in [-0.4, -0.2) is 4.98 Å². The first-order chi connectivity index (χ1) is 15.1. The van der Waals surface area contributed by atoms with Gasteiger partial charge in [0.1, 0.15) is 4.60 Å². The van der Waals surface area contributed by atoms with E-state index in [2.05, 4.69) is 103 Å². The molecule has 0 bridgehead atoms. The Labute approximate surface area is 192 Å². The zero-order valence-corrected chi connectivity index (χ0v) is 19.4. The summed E-state index contributed by atoms with van der Waals surface area (Å²) in [7, 11) is 0. The van der Waals surface area contributed by atoms with Crippen molar-refractivity contribution in [3.8, 4) is 11.1 Å². The summed E-state index contributed by atoms with van der Waals surface area (Å²) >= 11 is 3.55. The molecule has 152 valence electrons. The molecule has 1 heterocycles. The molecule has 0 fully saturated rings. The van der Waals surface area contributed by atoms with E-state index < -0.39 is 0 Å². The van der Waals surface area contributed by atoms with Gasteiger partial charge in [0.25, 0.3) is 0 Å². The minimum absolute atomic E-state index is 0.385. The molecule has 3 aliphatic rings. The topological polar surface area (TPSA) is 12.9 Å². The molecule has 0 radical (unpaired) electrons. The van der Waals surface area contributed by atoms with E-state index in [1.807, 2.05) is 0 Å². The lowest BCUT2D eigenvalue weighted by Crippen LogP contribution is -2.09. The average Bonchev–Trinajstić information content (AvgIpc) is 3.27. The predicted molar refractivity (Wildman–Crippen MR) is 132 cm³/mol. The number of rotatable bonds is 3. The van der Waals surface area contributed by atoms with Crippen molar-refractivity contribution < 1.29 is 0 Å². The highest BCUT2D eigenvalue weighted by Gasteiger charge is 2.32. The molecule has 0 amide bonds. The van der Waals surface area contributed by atoms with Crippen molar-refractivity contribution in [2.45, 2.75) is 38.5 Å². The number of halogens is 1. The van der Waals surface area contributed by atoms with E-state index >= 15 is 0 Å². The smallest absolute Gasteiger partial charge is 0.106 e. The molecule has 2 heteroatoms. The second kappa shape index (κ2) is 7.17. The van der Waals surface area contributed by atoms with Gasteiger partial charge in [-0.05, 0) is 97.9 Å². The molecule has 0 aliphatic heterocycles. The lowest BCUT2D eigenvalue weighted by Gasteiger charge is -2.25. The molecule has 2 aromatic carbocycles. The Morgan fingerprint density at radius 2 is 1.52 bits per heavy atom. The van der Waals surface area contributed by atoms with E-state index in [9.17, 15) is 0 Å². The van der Waals surface area contributed by atoms with Gasteiger partial charge in [-0.3, -0.25) is 0 Å². The highest BCUT2D eigenvalue weighted by atomic mass is 79.9. The molecule has 0 N–H and O–H groups in total. The Morgan fingerprint density at radius 3 is 2.23 bits per heavy atom. The van der Waals surface area contributed by atoms with Gasteiger partial charge in [0, 0.05) is 11.8 Å². The van der Waals surface area contributed by atoms with Crippen molar-refractivity contribution in [2.24, 2.45) is 0 Å². The molecular formula is C29H24BrN. The SMILES string of the molecule is CC1=C(CCC2c3ccccc3-c3ccccc32)C2=Cc3nc(Br)ccc3C(C)C2=C1. The van der Waals surface area contributed by atoms with Crippen LogP contribution in [0, 0.1) is 0 Å². The molecule has 0 saturated carbocycles. The highest BCUT2D eigenvalue weighted by Crippen LogP contribution is 2.50. The first-order valence-electron chi connectivity index (χ1n) is 11.1. The minimum Gasteiger partial charge on any atom is -0.241 e. The van der Waals surface area contributed by atoms with E-state index in [0.29, 0.717) is 11.8 Å². The summed E-state index contributed by atoms with van der Waals surface area (Å²) in [5, 5.41) is 0. The van der Waals surface area contributed by atoms with Crippen LogP contribution in [-0.2, 0) is 0 Å². The minimum atomic E-state index is 0.385. The Morgan fingerprint density at radius 1 is 0.839 bits per heavy atom. The molecule has 1 atom stereocenters. The quantitative estimate of drug-likeness (QED) is 0.355. The zero-order chi connectivity index (χ0) is 21.1. The van der Waals surface area contributed by atoms with Gasteiger partial charge in [0.2, 0.25) is 0 Å². The first kappa shape index (κ1) is 19.0. The van der Waals surface area contributed by atoms with Crippen LogP contribution < -0.4 is 0 Å². The molecule has 3 aromatic rings. The zero-order valence-electron chi connectivity index (χ0n) is 17.8. The Hall–Kier alpha value is -2.71. The lowest BCUT2D eigenvalue weighted by molar-refractivity contribution is 0.725. The van der Waals surface area contributed by atoms with Crippen LogP contribution in [0.15, 0.2) is 93.6 Å². The third-order valence-corrected chi connectivity index (χ3v) is 7.71.